The Labute approximate surface area is 97.5 Å². The second-order valence-corrected chi connectivity index (χ2v) is 3.01. The number of esters is 1. The van der Waals surface area contributed by atoms with Gasteiger partial charge in [0.25, 0.3) is 5.91 Å². The van der Waals surface area contributed by atoms with E-state index in [2.05, 4.69) is 4.74 Å². The van der Waals surface area contributed by atoms with Crippen LogP contribution in [0.2, 0.25) is 0 Å². The highest BCUT2D eigenvalue weighted by Crippen LogP contribution is 2.12. The Hall–Kier alpha value is -2.55. The minimum atomic E-state index is -0.590. The maximum absolute atomic E-state index is 11.3. The van der Waals surface area contributed by atoms with Crippen molar-refractivity contribution in [2.45, 2.75) is 0 Å². The van der Waals surface area contributed by atoms with Crippen molar-refractivity contribution >= 4 is 11.9 Å². The first kappa shape index (κ1) is 12.5. The van der Waals surface area contributed by atoms with Crippen LogP contribution >= 0.6 is 0 Å². The van der Waals surface area contributed by atoms with Crippen LogP contribution in [0, 0.1) is 11.3 Å². The molecule has 0 unspecified atom stereocenters. The molecule has 0 radical (unpaired) electrons. The van der Waals surface area contributed by atoms with E-state index in [1.165, 1.54) is 24.3 Å². The summed E-state index contributed by atoms with van der Waals surface area (Å²) >= 11 is 0. The Bertz CT molecular complexity index is 448. The van der Waals surface area contributed by atoms with E-state index in [4.69, 9.17) is 15.7 Å². The van der Waals surface area contributed by atoms with Crippen molar-refractivity contribution < 1.29 is 19.1 Å². The van der Waals surface area contributed by atoms with Gasteiger partial charge in [0.2, 0.25) is 0 Å². The minimum Gasteiger partial charge on any atom is -0.484 e. The summed E-state index contributed by atoms with van der Waals surface area (Å²) in [5.41, 5.74) is 5.20. The maximum Gasteiger partial charge on any atom is 0.339 e. The number of ether oxygens (including phenoxy) is 2. The van der Waals surface area contributed by atoms with Crippen molar-refractivity contribution in [3.63, 3.8) is 0 Å². The molecule has 0 aromatic heterocycles. The second kappa shape index (κ2) is 6.12. The van der Waals surface area contributed by atoms with Crippen LogP contribution in [0.25, 0.3) is 0 Å². The summed E-state index contributed by atoms with van der Waals surface area (Å²) < 4.78 is 9.60. The largest absolute Gasteiger partial charge is 0.484 e. The third kappa shape index (κ3) is 4.22. The topological polar surface area (TPSA) is 102 Å². The predicted molar refractivity (Wildman–Crippen MR) is 57.0 cm³/mol. The van der Waals surface area contributed by atoms with E-state index in [0.29, 0.717) is 11.3 Å². The van der Waals surface area contributed by atoms with Crippen LogP contribution in [0.5, 0.6) is 5.75 Å². The fourth-order valence-corrected chi connectivity index (χ4v) is 1.02. The van der Waals surface area contributed by atoms with E-state index in [9.17, 15) is 9.59 Å². The third-order valence-electron chi connectivity index (χ3n) is 1.74. The van der Waals surface area contributed by atoms with Crippen LogP contribution < -0.4 is 10.5 Å². The number of primary amides is 1. The van der Waals surface area contributed by atoms with Gasteiger partial charge in [-0.2, -0.15) is 5.26 Å². The van der Waals surface area contributed by atoms with E-state index in [-0.39, 0.29) is 13.2 Å². The van der Waals surface area contributed by atoms with Crippen LogP contribution in [0.15, 0.2) is 24.3 Å². The number of amides is 1. The number of rotatable bonds is 5. The molecule has 0 aliphatic carbocycles. The molecule has 1 amide bonds. The normalized spacial score (nSPS) is 9.12. The van der Waals surface area contributed by atoms with Crippen molar-refractivity contribution in [1.29, 1.82) is 5.26 Å². The highest BCUT2D eigenvalue weighted by atomic mass is 16.5. The molecule has 6 heteroatoms. The molecule has 0 saturated heterocycles. The molecule has 0 saturated carbocycles. The van der Waals surface area contributed by atoms with Crippen molar-refractivity contribution in [1.82, 2.24) is 0 Å². The van der Waals surface area contributed by atoms with Gasteiger partial charge in [-0.25, -0.2) is 4.79 Å². The number of benzene rings is 1. The number of hydrogen-bond acceptors (Lipinski definition) is 5. The fraction of sp³-hybridized carbons (Fsp3) is 0.182. The van der Waals surface area contributed by atoms with Crippen molar-refractivity contribution in [3.05, 3.63) is 29.8 Å². The summed E-state index contributed by atoms with van der Waals surface area (Å²) in [5, 5.41) is 8.24. The lowest BCUT2D eigenvalue weighted by atomic mass is 10.2. The number of nitriles is 1. The summed E-state index contributed by atoms with van der Waals surface area (Å²) in [4.78, 5) is 21.8. The van der Waals surface area contributed by atoms with Crippen LogP contribution in [-0.2, 0) is 9.53 Å². The number of hydrogen-bond donors (Lipinski definition) is 1. The van der Waals surface area contributed by atoms with Gasteiger partial charge in [-0.3, -0.25) is 4.79 Å². The highest BCUT2D eigenvalue weighted by molar-refractivity contribution is 5.89. The average molecular weight is 234 g/mol. The molecule has 1 aromatic rings. The smallest absolute Gasteiger partial charge is 0.339 e. The molecule has 0 aliphatic heterocycles. The molecule has 1 rings (SSSR count). The highest BCUT2D eigenvalue weighted by Gasteiger charge is 2.06. The van der Waals surface area contributed by atoms with Gasteiger partial charge >= 0.3 is 5.97 Å². The van der Waals surface area contributed by atoms with Crippen LogP contribution in [0.4, 0.5) is 0 Å². The molecule has 1 aromatic carbocycles. The zero-order valence-corrected chi connectivity index (χ0v) is 8.88. The van der Waals surface area contributed by atoms with Gasteiger partial charge in [-0.1, -0.05) is 0 Å². The first-order valence-corrected chi connectivity index (χ1v) is 4.68. The van der Waals surface area contributed by atoms with E-state index in [1.807, 2.05) is 0 Å². The Kier molecular flexibility index (Phi) is 4.51. The van der Waals surface area contributed by atoms with Gasteiger partial charge in [0.1, 0.15) is 11.8 Å². The Morgan fingerprint density at radius 1 is 1.29 bits per heavy atom. The summed E-state index contributed by atoms with van der Waals surface area (Å²) in [7, 11) is 0. The van der Waals surface area contributed by atoms with Gasteiger partial charge in [0.15, 0.2) is 13.2 Å². The molecule has 0 spiro atoms. The summed E-state index contributed by atoms with van der Waals surface area (Å²) in [6, 6.07) is 7.64. The van der Waals surface area contributed by atoms with Gasteiger partial charge in [0, 0.05) is 0 Å². The minimum absolute atomic E-state index is 0.224. The molecular formula is C11H10N2O4. The molecule has 0 bridgehead atoms. The van der Waals surface area contributed by atoms with E-state index < -0.39 is 11.9 Å². The van der Waals surface area contributed by atoms with Crippen LogP contribution in [0.1, 0.15) is 10.4 Å². The Morgan fingerprint density at radius 3 is 2.47 bits per heavy atom. The summed E-state index contributed by atoms with van der Waals surface area (Å²) in [6.07, 6.45) is 0. The fourth-order valence-electron chi connectivity index (χ4n) is 1.02. The number of carbonyl (C=O) groups excluding carboxylic acids is 2. The molecule has 6 nitrogen and oxygen atoms in total. The van der Waals surface area contributed by atoms with Gasteiger partial charge in [-0.15, -0.1) is 0 Å². The van der Waals surface area contributed by atoms with Crippen molar-refractivity contribution in [2.75, 3.05) is 13.2 Å². The van der Waals surface area contributed by atoms with E-state index >= 15 is 0 Å². The summed E-state index contributed by atoms with van der Waals surface area (Å²) in [6.45, 7) is -0.517. The quantitative estimate of drug-likeness (QED) is 0.734. The molecule has 0 fully saturated rings. The van der Waals surface area contributed by atoms with Gasteiger partial charge in [-0.05, 0) is 24.3 Å². The van der Waals surface area contributed by atoms with Gasteiger partial charge < -0.3 is 15.2 Å². The molecule has 2 N–H and O–H groups in total. The number of carbonyl (C=O) groups is 2. The standard InChI is InChI=1S/C11H10N2O4/c12-5-6-16-11(15)8-1-3-9(4-2-8)17-7-10(13)14/h1-4H,6-7H2,(H2,13,14). The molecule has 0 atom stereocenters. The third-order valence-corrected chi connectivity index (χ3v) is 1.74. The lowest BCUT2D eigenvalue weighted by Gasteiger charge is -2.04. The van der Waals surface area contributed by atoms with Crippen LogP contribution in [0.3, 0.4) is 0 Å². The molecular weight excluding hydrogens is 224 g/mol. The summed E-state index contributed by atoms with van der Waals surface area (Å²) in [5.74, 6) is -0.754. The Morgan fingerprint density at radius 2 is 1.94 bits per heavy atom. The monoisotopic (exact) mass is 234 g/mol. The predicted octanol–water partition coefficient (Wildman–Crippen LogP) is 0.231. The second-order valence-electron chi connectivity index (χ2n) is 3.01. The number of nitrogens with two attached hydrogens (primary N) is 1. The molecule has 0 aliphatic rings. The van der Waals surface area contributed by atoms with Crippen molar-refractivity contribution in [3.8, 4) is 11.8 Å². The molecule has 0 heterocycles. The first-order chi connectivity index (χ1) is 8.13. The molecule has 88 valence electrons. The van der Waals surface area contributed by atoms with E-state index in [1.54, 1.807) is 6.07 Å². The first-order valence-electron chi connectivity index (χ1n) is 4.68. The SMILES string of the molecule is N#CCOC(=O)c1ccc(OCC(N)=O)cc1. The van der Waals surface area contributed by atoms with Gasteiger partial charge in [0.05, 0.1) is 5.56 Å². The van der Waals surface area contributed by atoms with E-state index in [0.717, 1.165) is 0 Å². The Balaban J connectivity index is 2.58. The lowest BCUT2D eigenvalue weighted by molar-refractivity contribution is -0.119. The zero-order valence-electron chi connectivity index (χ0n) is 8.88. The maximum atomic E-state index is 11.3. The van der Waals surface area contributed by atoms with Crippen LogP contribution in [-0.4, -0.2) is 25.1 Å². The lowest BCUT2D eigenvalue weighted by Crippen LogP contribution is -2.20. The zero-order chi connectivity index (χ0) is 12.7. The van der Waals surface area contributed by atoms with Crippen molar-refractivity contribution in [2.24, 2.45) is 5.73 Å². The average Bonchev–Trinajstić information content (AvgIpc) is 2.34. The molecule has 17 heavy (non-hydrogen) atoms. The number of nitrogens with zero attached hydrogens (tertiary/aromatic N) is 1.